The van der Waals surface area contributed by atoms with Crippen LogP contribution in [0.1, 0.15) is 36.1 Å². The van der Waals surface area contributed by atoms with Gasteiger partial charge in [0.05, 0.1) is 33.3 Å². The van der Waals surface area contributed by atoms with Gasteiger partial charge in [0.2, 0.25) is 0 Å². The molecule has 2 atom stereocenters. The van der Waals surface area contributed by atoms with Gasteiger partial charge in [-0.25, -0.2) is 17.6 Å². The molecule has 0 saturated carbocycles. The summed E-state index contributed by atoms with van der Waals surface area (Å²) in [6.07, 6.45) is -2.83. The van der Waals surface area contributed by atoms with Gasteiger partial charge in [0.25, 0.3) is 10.0 Å². The van der Waals surface area contributed by atoms with Crippen molar-refractivity contribution in [2.24, 2.45) is 0 Å². The van der Waals surface area contributed by atoms with Crippen LogP contribution in [0.15, 0.2) is 65.6 Å². The van der Waals surface area contributed by atoms with E-state index < -0.39 is 50.6 Å². The number of hydrogen-bond acceptors (Lipinski definition) is 3. The Balaban J connectivity index is 1.86. The Morgan fingerprint density at radius 1 is 1.10 bits per heavy atom. The highest BCUT2D eigenvalue weighted by atomic mass is 35.5. The summed E-state index contributed by atoms with van der Waals surface area (Å²) < 4.78 is 84.0. The number of nitrogens with zero attached hydrogens (tertiary/aromatic N) is 2. The number of nitrogens with one attached hydrogen (secondary N) is 1. The van der Waals surface area contributed by atoms with Gasteiger partial charge in [-0.1, -0.05) is 41.9 Å². The maximum atomic E-state index is 14.5. The molecule has 1 heterocycles. The largest absolute Gasteiger partial charge is 0.416 e. The lowest BCUT2D eigenvalue weighted by molar-refractivity contribution is -0.137. The summed E-state index contributed by atoms with van der Waals surface area (Å²) >= 11 is 6.21. The van der Waals surface area contributed by atoms with Gasteiger partial charge >= 0.3 is 12.2 Å². The zero-order valence-electron chi connectivity index (χ0n) is 22.6. The summed E-state index contributed by atoms with van der Waals surface area (Å²) in [7, 11) is -1.46. The van der Waals surface area contributed by atoms with Gasteiger partial charge < -0.3 is 10.2 Å². The molecule has 218 valence electrons. The molecule has 1 N–H and O–H groups in total. The molecule has 0 bridgehead atoms. The number of amides is 2. The Bertz CT molecular complexity index is 1600. The first-order valence-corrected chi connectivity index (χ1v) is 14.4. The molecule has 41 heavy (non-hydrogen) atoms. The number of alkyl halides is 3. The zero-order chi connectivity index (χ0) is 30.3. The van der Waals surface area contributed by atoms with E-state index in [4.69, 9.17) is 11.6 Å². The Hall–Kier alpha value is -3.57. The SMILES string of the molecule is CC(=Cc1ccc2c(c1)N(S(=O)(=O)c1cccc(C(F)(F)F)c1)[C@H](C)[C@H](NC(=O)N(C)C)C2)c1c(F)cccc1Cl. The van der Waals surface area contributed by atoms with E-state index in [1.807, 2.05) is 0 Å². The number of benzene rings is 3. The monoisotopic (exact) mass is 609 g/mol. The number of carbonyl (C=O) groups excluding carboxylic acids is 1. The molecule has 3 aromatic rings. The van der Waals surface area contributed by atoms with Gasteiger partial charge in [0.15, 0.2) is 0 Å². The zero-order valence-corrected chi connectivity index (χ0v) is 24.2. The molecular formula is C29H28ClF4N3O3S. The third-order valence-corrected chi connectivity index (χ3v) is 9.12. The van der Waals surface area contributed by atoms with E-state index in [-0.39, 0.29) is 22.7 Å². The maximum Gasteiger partial charge on any atom is 0.416 e. The van der Waals surface area contributed by atoms with Gasteiger partial charge in [0.1, 0.15) is 5.82 Å². The van der Waals surface area contributed by atoms with Crippen LogP contribution in [0.5, 0.6) is 0 Å². The average Bonchev–Trinajstić information content (AvgIpc) is 2.88. The number of hydrogen-bond donors (Lipinski definition) is 1. The van der Waals surface area contributed by atoms with Crippen molar-refractivity contribution in [2.75, 3.05) is 18.4 Å². The van der Waals surface area contributed by atoms with Crippen LogP contribution in [0.25, 0.3) is 11.6 Å². The Morgan fingerprint density at radius 2 is 1.78 bits per heavy atom. The van der Waals surface area contributed by atoms with Crippen molar-refractivity contribution in [1.29, 1.82) is 0 Å². The first-order valence-electron chi connectivity index (χ1n) is 12.6. The minimum Gasteiger partial charge on any atom is -0.333 e. The Kier molecular flexibility index (Phi) is 8.42. The van der Waals surface area contributed by atoms with E-state index in [0.29, 0.717) is 22.8 Å². The molecule has 0 spiro atoms. The van der Waals surface area contributed by atoms with Crippen LogP contribution in [0.3, 0.4) is 0 Å². The molecule has 0 radical (unpaired) electrons. The van der Waals surface area contributed by atoms with Crippen LogP contribution >= 0.6 is 11.6 Å². The van der Waals surface area contributed by atoms with Crippen LogP contribution in [0.4, 0.5) is 28.0 Å². The van der Waals surface area contributed by atoms with E-state index in [0.717, 1.165) is 22.5 Å². The van der Waals surface area contributed by atoms with Crippen molar-refractivity contribution < 1.29 is 30.8 Å². The summed E-state index contributed by atoms with van der Waals surface area (Å²) in [6.45, 7) is 3.25. The number of allylic oxidation sites excluding steroid dienone is 1. The van der Waals surface area contributed by atoms with E-state index in [1.165, 1.54) is 31.1 Å². The van der Waals surface area contributed by atoms with Gasteiger partial charge in [-0.2, -0.15) is 13.2 Å². The molecule has 0 aliphatic carbocycles. The van der Waals surface area contributed by atoms with Crippen molar-refractivity contribution in [3.05, 3.63) is 93.8 Å². The number of rotatable bonds is 5. The second kappa shape index (κ2) is 11.4. The molecule has 0 fully saturated rings. The molecule has 0 unspecified atom stereocenters. The number of halogens is 5. The molecular weight excluding hydrogens is 582 g/mol. The molecule has 3 aromatic carbocycles. The second-order valence-electron chi connectivity index (χ2n) is 10.0. The van der Waals surface area contributed by atoms with Crippen molar-refractivity contribution in [3.63, 3.8) is 0 Å². The fourth-order valence-corrected chi connectivity index (χ4v) is 6.87. The van der Waals surface area contributed by atoms with Crippen molar-refractivity contribution in [3.8, 4) is 0 Å². The molecule has 0 saturated heterocycles. The molecule has 1 aliphatic rings. The minimum atomic E-state index is -4.75. The molecule has 6 nitrogen and oxygen atoms in total. The fourth-order valence-electron chi connectivity index (χ4n) is 4.79. The van der Waals surface area contributed by atoms with Crippen LogP contribution < -0.4 is 9.62 Å². The quantitative estimate of drug-likeness (QED) is 0.254. The Labute approximate surface area is 241 Å². The highest BCUT2D eigenvalue weighted by molar-refractivity contribution is 7.92. The summed E-state index contributed by atoms with van der Waals surface area (Å²) in [6, 6.07) is 10.8. The van der Waals surface area contributed by atoms with Gasteiger partial charge in [0, 0.05) is 19.7 Å². The predicted molar refractivity (Wildman–Crippen MR) is 152 cm³/mol. The van der Waals surface area contributed by atoms with Gasteiger partial charge in [-0.3, -0.25) is 4.31 Å². The third kappa shape index (κ3) is 6.20. The highest BCUT2D eigenvalue weighted by Gasteiger charge is 2.41. The standard InChI is InChI=1S/C29H28ClF4N3O3S/c1-17(27-23(30)9-6-10-24(27)31)13-19-11-12-20-15-25(35-28(38)36(3)4)18(2)37(26(20)14-19)41(39,40)22-8-5-7-21(16-22)29(32,33)34/h5-14,16,18,25H,15H2,1-4H3,(H,35,38)/t18-,25-/m1/s1. The van der Waals surface area contributed by atoms with Crippen LogP contribution in [-0.2, 0) is 22.6 Å². The van der Waals surface area contributed by atoms with Crippen LogP contribution in [0.2, 0.25) is 5.02 Å². The normalized spacial score (nSPS) is 17.7. The maximum absolute atomic E-state index is 14.5. The Morgan fingerprint density at radius 3 is 2.41 bits per heavy atom. The third-order valence-electron chi connectivity index (χ3n) is 6.91. The predicted octanol–water partition coefficient (Wildman–Crippen LogP) is 6.84. The van der Waals surface area contributed by atoms with E-state index >= 15 is 0 Å². The molecule has 2 amide bonds. The lowest BCUT2D eigenvalue weighted by Crippen LogP contribution is -2.57. The van der Waals surface area contributed by atoms with Crippen molar-refractivity contribution >= 4 is 45.0 Å². The fraction of sp³-hybridized carbons (Fsp3) is 0.276. The first kappa shape index (κ1) is 30.4. The number of fused-ring (bicyclic) bond motifs is 1. The molecule has 4 rings (SSSR count). The smallest absolute Gasteiger partial charge is 0.333 e. The summed E-state index contributed by atoms with van der Waals surface area (Å²) in [5, 5.41) is 3.02. The lowest BCUT2D eigenvalue weighted by atomic mass is 9.92. The minimum absolute atomic E-state index is 0.195. The van der Waals surface area contributed by atoms with E-state index in [1.54, 1.807) is 44.2 Å². The number of anilines is 1. The van der Waals surface area contributed by atoms with E-state index in [9.17, 15) is 30.8 Å². The summed E-state index contributed by atoms with van der Waals surface area (Å²) in [5.41, 5.74) is 0.899. The highest BCUT2D eigenvalue weighted by Crippen LogP contribution is 2.39. The van der Waals surface area contributed by atoms with Gasteiger partial charge in [-0.05, 0) is 73.4 Å². The topological polar surface area (TPSA) is 69.7 Å². The molecule has 0 aromatic heterocycles. The molecule has 1 aliphatic heterocycles. The summed E-state index contributed by atoms with van der Waals surface area (Å²) in [5.74, 6) is -0.522. The van der Waals surface area contributed by atoms with E-state index in [2.05, 4.69) is 5.32 Å². The van der Waals surface area contributed by atoms with Crippen LogP contribution in [-0.4, -0.2) is 45.5 Å². The molecule has 12 heteroatoms. The van der Waals surface area contributed by atoms with Crippen LogP contribution in [0, 0.1) is 5.82 Å². The first-order chi connectivity index (χ1) is 19.1. The number of urea groups is 1. The average molecular weight is 610 g/mol. The second-order valence-corrected chi connectivity index (χ2v) is 12.3. The lowest BCUT2D eigenvalue weighted by Gasteiger charge is -2.41. The number of carbonyl (C=O) groups is 1. The van der Waals surface area contributed by atoms with Crippen molar-refractivity contribution in [2.45, 2.75) is 43.4 Å². The summed E-state index contributed by atoms with van der Waals surface area (Å²) in [4.78, 5) is 13.3. The number of sulfonamides is 1. The van der Waals surface area contributed by atoms with Crippen molar-refractivity contribution in [1.82, 2.24) is 10.2 Å². The van der Waals surface area contributed by atoms with Gasteiger partial charge in [-0.15, -0.1) is 0 Å².